The van der Waals surface area contributed by atoms with Crippen molar-refractivity contribution in [2.24, 2.45) is 0 Å². The average Bonchev–Trinajstić information content (AvgIpc) is 3.61. The molecule has 7 heteroatoms. The van der Waals surface area contributed by atoms with Crippen LogP contribution >= 0.6 is 0 Å². The van der Waals surface area contributed by atoms with Crippen molar-refractivity contribution in [3.63, 3.8) is 0 Å². The first kappa shape index (κ1) is 32.4. The van der Waals surface area contributed by atoms with Crippen LogP contribution in [0.25, 0.3) is 45.3 Å². The van der Waals surface area contributed by atoms with Gasteiger partial charge in [-0.1, -0.05) is 158 Å². The second-order valence-electron chi connectivity index (χ2n) is 14.7. The lowest BCUT2D eigenvalue weighted by atomic mass is 9.78. The van der Waals surface area contributed by atoms with E-state index in [1.54, 1.807) is 0 Å². The van der Waals surface area contributed by atoms with Crippen LogP contribution in [0, 0.1) is 0 Å². The molecule has 0 saturated carbocycles. The third-order valence-electron chi connectivity index (χ3n) is 11.1. The summed E-state index contributed by atoms with van der Waals surface area (Å²) in [4.78, 5) is 15.2. The van der Waals surface area contributed by atoms with Crippen molar-refractivity contribution in [1.82, 2.24) is 15.0 Å². The van der Waals surface area contributed by atoms with Crippen molar-refractivity contribution in [1.29, 1.82) is 0 Å². The predicted octanol–water partition coefficient (Wildman–Crippen LogP) is 6.53. The number of rotatable bonds is 6. The Hall–Kier alpha value is -5.47. The van der Waals surface area contributed by atoms with Gasteiger partial charge in [0.1, 0.15) is 0 Å². The quantitative estimate of drug-likeness (QED) is 0.186. The number of nitrogens with zero attached hydrogens (tertiary/aromatic N) is 3. The van der Waals surface area contributed by atoms with Gasteiger partial charge in [0.05, 0.1) is 11.2 Å². The largest absolute Gasteiger partial charge is 0.494 e. The van der Waals surface area contributed by atoms with Crippen LogP contribution in [-0.2, 0) is 9.31 Å². The fraction of sp³-hybridized carbons (Fsp3) is 0.133. The van der Waals surface area contributed by atoms with Crippen molar-refractivity contribution in [2.45, 2.75) is 38.9 Å². The van der Waals surface area contributed by atoms with Gasteiger partial charge in [0.25, 0.3) is 0 Å². The van der Waals surface area contributed by atoms with Crippen LogP contribution in [0.3, 0.4) is 0 Å². The van der Waals surface area contributed by atoms with Gasteiger partial charge in [0.2, 0.25) is 0 Å². The highest BCUT2D eigenvalue weighted by molar-refractivity contribution is 7.22. The number of fused-ring (bicyclic) bond motifs is 3. The Morgan fingerprint density at radius 3 is 1.46 bits per heavy atom. The number of hydrogen-bond donors (Lipinski definition) is 0. The first-order valence-corrected chi connectivity index (χ1v) is 19.9. The molecule has 0 radical (unpaired) electrons. The first-order valence-electron chi connectivity index (χ1n) is 17.9. The molecule has 0 unspecified atom stereocenters. The molecule has 0 bridgehead atoms. The van der Waals surface area contributed by atoms with Gasteiger partial charge in [-0.3, -0.25) is 0 Å². The van der Waals surface area contributed by atoms with Crippen LogP contribution in [0.2, 0.25) is 0 Å². The fourth-order valence-electron chi connectivity index (χ4n) is 7.74. The van der Waals surface area contributed by atoms with Crippen molar-refractivity contribution in [3.8, 4) is 45.3 Å². The molecule has 0 spiro atoms. The summed E-state index contributed by atoms with van der Waals surface area (Å²) in [6.07, 6.45) is 0. The van der Waals surface area contributed by atoms with Gasteiger partial charge >= 0.3 is 7.12 Å². The Balaban J connectivity index is 1.17. The topological polar surface area (TPSA) is 57.1 Å². The lowest BCUT2D eigenvalue weighted by Gasteiger charge is -2.32. The Labute approximate surface area is 306 Å². The molecule has 2 aliphatic rings. The normalized spacial score (nSPS) is 16.3. The summed E-state index contributed by atoms with van der Waals surface area (Å²) < 4.78 is 12.8. The van der Waals surface area contributed by atoms with E-state index in [0.717, 1.165) is 22.2 Å². The molecule has 1 fully saturated rings. The van der Waals surface area contributed by atoms with E-state index in [-0.39, 0.29) is 0 Å². The van der Waals surface area contributed by atoms with Gasteiger partial charge in [-0.25, -0.2) is 15.0 Å². The summed E-state index contributed by atoms with van der Waals surface area (Å²) in [6.45, 7) is 8.28. The third kappa shape index (κ3) is 5.19. The fourth-order valence-corrected chi connectivity index (χ4v) is 12.9. The maximum atomic E-state index is 6.39. The molecule has 9 rings (SSSR count). The third-order valence-corrected chi connectivity index (χ3v) is 16.0. The molecule has 0 N–H and O–H groups in total. The van der Waals surface area contributed by atoms with E-state index in [2.05, 4.69) is 137 Å². The molecule has 0 amide bonds. The van der Waals surface area contributed by atoms with Crippen molar-refractivity contribution >= 4 is 41.4 Å². The second-order valence-corrected chi connectivity index (χ2v) is 18.4. The van der Waals surface area contributed by atoms with Crippen molar-refractivity contribution in [2.75, 3.05) is 0 Å². The standard InChI is InChI=1S/C45H38BN3O2Si/c1-44(2)45(3,4)51-46(50-44)34-19-15-18-33(30-34)43-48-41(31-16-7-5-8-17-31)47-42(49-43)32-26-28-36(29-27-32)52(35-20-9-6-10-21-35)39-24-13-11-22-37(39)38-23-12-14-25-40(38)52/h5-30H,1-4H3. The molecule has 0 aliphatic carbocycles. The summed E-state index contributed by atoms with van der Waals surface area (Å²) in [6, 6.07) is 56.2. The summed E-state index contributed by atoms with van der Waals surface area (Å²) in [5, 5.41) is 5.54. The maximum absolute atomic E-state index is 6.39. The van der Waals surface area contributed by atoms with E-state index in [1.165, 1.54) is 31.9 Å². The molecular weight excluding hydrogens is 653 g/mol. The first-order chi connectivity index (χ1) is 25.2. The summed E-state index contributed by atoms with van der Waals surface area (Å²) in [7, 11) is -3.08. The van der Waals surface area contributed by atoms with Crippen LogP contribution < -0.4 is 26.2 Å². The minimum absolute atomic E-state index is 0.439. The summed E-state index contributed by atoms with van der Waals surface area (Å²) >= 11 is 0. The molecular formula is C45H38BN3O2Si. The SMILES string of the molecule is CC1(C)OB(c2cccc(-c3nc(-c4ccccc4)nc(-c4ccc([Si]5(c6ccccc6)c6ccccc6-c6ccccc65)cc4)n3)c2)OC1(C)C. The Kier molecular flexibility index (Phi) is 7.70. The summed E-state index contributed by atoms with van der Waals surface area (Å²) in [5.41, 5.74) is 5.45. The van der Waals surface area contributed by atoms with Crippen LogP contribution in [0.4, 0.5) is 0 Å². The lowest BCUT2D eigenvalue weighted by molar-refractivity contribution is 0.00578. The maximum Gasteiger partial charge on any atom is 0.494 e. The Morgan fingerprint density at radius 1 is 0.442 bits per heavy atom. The van der Waals surface area contributed by atoms with Gasteiger partial charge in [-0.2, -0.15) is 0 Å². The van der Waals surface area contributed by atoms with Crippen LogP contribution in [0.5, 0.6) is 0 Å². The molecule has 5 nitrogen and oxygen atoms in total. The minimum Gasteiger partial charge on any atom is -0.399 e. The second kappa shape index (κ2) is 12.3. The van der Waals surface area contributed by atoms with Crippen LogP contribution in [0.15, 0.2) is 158 Å². The van der Waals surface area contributed by atoms with Gasteiger partial charge in [0.15, 0.2) is 25.5 Å². The molecule has 6 aromatic carbocycles. The van der Waals surface area contributed by atoms with E-state index in [4.69, 9.17) is 24.3 Å². The molecule has 1 saturated heterocycles. The molecule has 1 aromatic heterocycles. The molecule has 0 atom stereocenters. The van der Waals surface area contributed by atoms with Gasteiger partial charge in [-0.15, -0.1) is 0 Å². The highest BCUT2D eigenvalue weighted by Gasteiger charge is 2.52. The van der Waals surface area contributed by atoms with E-state index < -0.39 is 26.4 Å². The smallest absolute Gasteiger partial charge is 0.399 e. The number of hydrogen-bond acceptors (Lipinski definition) is 5. The Morgan fingerprint density at radius 2 is 0.885 bits per heavy atom. The highest BCUT2D eigenvalue weighted by atomic mass is 28.3. The monoisotopic (exact) mass is 691 g/mol. The number of aromatic nitrogens is 3. The van der Waals surface area contributed by atoms with E-state index in [9.17, 15) is 0 Å². The van der Waals surface area contributed by atoms with Crippen molar-refractivity contribution in [3.05, 3.63) is 158 Å². The summed E-state index contributed by atoms with van der Waals surface area (Å²) in [5.74, 6) is 1.85. The molecule has 2 aliphatic heterocycles. The lowest BCUT2D eigenvalue weighted by Crippen LogP contribution is -2.72. The van der Waals surface area contributed by atoms with E-state index >= 15 is 0 Å². The predicted molar refractivity (Wildman–Crippen MR) is 214 cm³/mol. The van der Waals surface area contributed by atoms with E-state index in [0.29, 0.717) is 17.5 Å². The average molecular weight is 692 g/mol. The zero-order valence-electron chi connectivity index (χ0n) is 29.7. The molecule has 7 aromatic rings. The Bertz CT molecular complexity index is 2370. The molecule has 3 heterocycles. The van der Waals surface area contributed by atoms with Gasteiger partial charge in [-0.05, 0) is 65.0 Å². The van der Waals surface area contributed by atoms with Crippen LogP contribution in [0.1, 0.15) is 27.7 Å². The van der Waals surface area contributed by atoms with Gasteiger partial charge < -0.3 is 9.31 Å². The molecule has 252 valence electrons. The highest BCUT2D eigenvalue weighted by Crippen LogP contribution is 2.37. The zero-order valence-corrected chi connectivity index (χ0v) is 30.7. The number of benzene rings is 6. The zero-order chi connectivity index (χ0) is 35.5. The van der Waals surface area contributed by atoms with Crippen molar-refractivity contribution < 1.29 is 9.31 Å². The van der Waals surface area contributed by atoms with Gasteiger partial charge in [0, 0.05) is 16.7 Å². The molecule has 52 heavy (non-hydrogen) atoms. The van der Waals surface area contributed by atoms with E-state index in [1.807, 2.05) is 48.5 Å². The minimum atomic E-state index is -2.59. The van der Waals surface area contributed by atoms with Crippen LogP contribution in [-0.4, -0.2) is 41.3 Å².